The fourth-order valence-corrected chi connectivity index (χ4v) is 3.68. The topological polar surface area (TPSA) is 27.0 Å². The second-order valence-electron chi connectivity index (χ2n) is 6.76. The van der Waals surface area contributed by atoms with Crippen molar-refractivity contribution in [3.8, 4) is 6.07 Å². The summed E-state index contributed by atoms with van der Waals surface area (Å²) in [5.74, 6) is 2.15. The summed E-state index contributed by atoms with van der Waals surface area (Å²) in [4.78, 5) is 2.76. The molecule has 0 aromatic heterocycles. The molecule has 18 heavy (non-hydrogen) atoms. The van der Waals surface area contributed by atoms with Gasteiger partial charge in [0, 0.05) is 18.6 Å². The van der Waals surface area contributed by atoms with E-state index in [-0.39, 0.29) is 0 Å². The number of hydrogen-bond donors (Lipinski definition) is 0. The van der Waals surface area contributed by atoms with E-state index in [0.29, 0.717) is 12.0 Å². The molecule has 0 N–H and O–H groups in total. The van der Waals surface area contributed by atoms with Crippen molar-refractivity contribution in [2.75, 3.05) is 6.54 Å². The third-order valence-electron chi connectivity index (χ3n) is 5.28. The molecule has 3 atom stereocenters. The molecule has 0 spiro atoms. The van der Waals surface area contributed by atoms with Gasteiger partial charge in [-0.2, -0.15) is 5.26 Å². The van der Waals surface area contributed by atoms with Gasteiger partial charge in [-0.1, -0.05) is 13.3 Å². The van der Waals surface area contributed by atoms with Crippen LogP contribution in [0.5, 0.6) is 0 Å². The lowest BCUT2D eigenvalue weighted by Crippen LogP contribution is -2.46. The Hall–Kier alpha value is -0.550. The summed E-state index contributed by atoms with van der Waals surface area (Å²) < 4.78 is 0. The molecule has 100 valence electrons. The quantitative estimate of drug-likeness (QED) is 0.741. The van der Waals surface area contributed by atoms with Crippen LogP contribution < -0.4 is 0 Å². The molecule has 0 aliphatic heterocycles. The molecule has 2 heteroatoms. The largest absolute Gasteiger partial charge is 0.296 e. The zero-order chi connectivity index (χ0) is 12.5. The number of nitriles is 1. The van der Waals surface area contributed by atoms with E-state index in [4.69, 9.17) is 0 Å². The molecule has 0 heterocycles. The highest BCUT2D eigenvalue weighted by Crippen LogP contribution is 2.41. The van der Waals surface area contributed by atoms with Crippen molar-refractivity contribution in [2.24, 2.45) is 17.8 Å². The van der Waals surface area contributed by atoms with Crippen LogP contribution in [0.15, 0.2) is 0 Å². The molecule has 0 radical (unpaired) electrons. The molecular formula is C16H26N2. The van der Waals surface area contributed by atoms with Gasteiger partial charge in [0.15, 0.2) is 0 Å². The average molecular weight is 246 g/mol. The molecule has 0 bridgehead atoms. The highest BCUT2D eigenvalue weighted by molar-refractivity contribution is 5.02. The summed E-state index contributed by atoms with van der Waals surface area (Å²) in [7, 11) is 0. The maximum absolute atomic E-state index is 9.44. The molecule has 2 nitrogen and oxygen atoms in total. The summed E-state index contributed by atoms with van der Waals surface area (Å²) in [6, 6.07) is 4.03. The van der Waals surface area contributed by atoms with Gasteiger partial charge in [-0.3, -0.25) is 4.90 Å². The molecule has 3 aliphatic carbocycles. The smallest absolute Gasteiger partial charge is 0.0672 e. The summed E-state index contributed by atoms with van der Waals surface area (Å²) in [6.07, 6.45) is 10.7. The molecule has 3 fully saturated rings. The van der Waals surface area contributed by atoms with Gasteiger partial charge in [0.25, 0.3) is 0 Å². The molecule has 0 aromatic carbocycles. The SMILES string of the molecule is CCC1CCC(C#N)C(N(CC2CC2)C2CC2)C1. The first-order chi connectivity index (χ1) is 8.81. The van der Waals surface area contributed by atoms with Crippen LogP contribution in [-0.2, 0) is 0 Å². The summed E-state index contributed by atoms with van der Waals surface area (Å²) in [5.41, 5.74) is 0. The number of rotatable bonds is 5. The van der Waals surface area contributed by atoms with Gasteiger partial charge in [-0.05, 0) is 56.8 Å². The van der Waals surface area contributed by atoms with Gasteiger partial charge >= 0.3 is 0 Å². The van der Waals surface area contributed by atoms with E-state index in [0.717, 1.165) is 24.3 Å². The van der Waals surface area contributed by atoms with Crippen molar-refractivity contribution in [3.63, 3.8) is 0 Å². The zero-order valence-electron chi connectivity index (χ0n) is 11.6. The molecule has 3 saturated carbocycles. The van der Waals surface area contributed by atoms with Gasteiger partial charge in [-0.15, -0.1) is 0 Å². The van der Waals surface area contributed by atoms with Gasteiger partial charge in [-0.25, -0.2) is 0 Å². The Morgan fingerprint density at radius 1 is 1.06 bits per heavy atom. The maximum Gasteiger partial charge on any atom is 0.0672 e. The first kappa shape index (κ1) is 12.5. The van der Waals surface area contributed by atoms with Crippen LogP contribution in [0.4, 0.5) is 0 Å². The van der Waals surface area contributed by atoms with Crippen molar-refractivity contribution in [1.29, 1.82) is 5.26 Å². The van der Waals surface area contributed by atoms with E-state index in [9.17, 15) is 5.26 Å². The van der Waals surface area contributed by atoms with Crippen molar-refractivity contribution >= 4 is 0 Å². The molecule has 0 aromatic rings. The Kier molecular flexibility index (Phi) is 3.61. The van der Waals surface area contributed by atoms with E-state index in [2.05, 4.69) is 17.9 Å². The highest BCUT2D eigenvalue weighted by atomic mass is 15.2. The summed E-state index contributed by atoms with van der Waals surface area (Å²) in [5, 5.41) is 9.44. The van der Waals surface area contributed by atoms with Crippen molar-refractivity contribution < 1.29 is 0 Å². The van der Waals surface area contributed by atoms with Crippen LogP contribution in [0.2, 0.25) is 0 Å². The third kappa shape index (κ3) is 2.72. The minimum atomic E-state index is 0.312. The van der Waals surface area contributed by atoms with Crippen LogP contribution in [0.3, 0.4) is 0 Å². The molecular weight excluding hydrogens is 220 g/mol. The second-order valence-corrected chi connectivity index (χ2v) is 6.76. The van der Waals surface area contributed by atoms with Crippen molar-refractivity contribution in [2.45, 2.75) is 70.4 Å². The Morgan fingerprint density at radius 2 is 1.78 bits per heavy atom. The van der Waals surface area contributed by atoms with Crippen LogP contribution in [-0.4, -0.2) is 23.5 Å². The molecule has 3 rings (SSSR count). The fraction of sp³-hybridized carbons (Fsp3) is 0.938. The Morgan fingerprint density at radius 3 is 2.33 bits per heavy atom. The lowest BCUT2D eigenvalue weighted by molar-refractivity contribution is 0.0878. The molecule has 3 unspecified atom stereocenters. The van der Waals surface area contributed by atoms with Gasteiger partial charge < -0.3 is 0 Å². The minimum Gasteiger partial charge on any atom is -0.296 e. The van der Waals surface area contributed by atoms with E-state index < -0.39 is 0 Å². The van der Waals surface area contributed by atoms with Crippen molar-refractivity contribution in [1.82, 2.24) is 4.90 Å². The van der Waals surface area contributed by atoms with Crippen molar-refractivity contribution in [3.05, 3.63) is 0 Å². The number of nitrogens with zero attached hydrogens (tertiary/aromatic N) is 2. The number of hydrogen-bond acceptors (Lipinski definition) is 2. The van der Waals surface area contributed by atoms with Crippen LogP contribution in [0, 0.1) is 29.1 Å². The predicted octanol–water partition coefficient (Wildman–Crippen LogP) is 3.58. The summed E-state index contributed by atoms with van der Waals surface area (Å²) >= 11 is 0. The highest BCUT2D eigenvalue weighted by Gasteiger charge is 2.42. The van der Waals surface area contributed by atoms with E-state index in [1.807, 2.05) is 0 Å². The van der Waals surface area contributed by atoms with Crippen LogP contribution >= 0.6 is 0 Å². The second kappa shape index (κ2) is 5.21. The Balaban J connectivity index is 1.69. The normalized spacial score (nSPS) is 36.6. The Bertz CT molecular complexity index is 324. The first-order valence-electron chi connectivity index (χ1n) is 7.97. The van der Waals surface area contributed by atoms with E-state index >= 15 is 0 Å². The zero-order valence-corrected chi connectivity index (χ0v) is 11.6. The first-order valence-corrected chi connectivity index (χ1v) is 7.97. The third-order valence-corrected chi connectivity index (χ3v) is 5.28. The van der Waals surface area contributed by atoms with Gasteiger partial charge in [0.1, 0.15) is 0 Å². The van der Waals surface area contributed by atoms with Gasteiger partial charge in [0.05, 0.1) is 12.0 Å². The predicted molar refractivity (Wildman–Crippen MR) is 73.0 cm³/mol. The van der Waals surface area contributed by atoms with E-state index in [1.54, 1.807) is 0 Å². The minimum absolute atomic E-state index is 0.312. The average Bonchev–Trinajstić information content (AvgIpc) is 3.28. The molecule has 3 aliphatic rings. The van der Waals surface area contributed by atoms with Gasteiger partial charge in [0.2, 0.25) is 0 Å². The Labute approximate surface area is 111 Å². The van der Waals surface area contributed by atoms with Crippen LogP contribution in [0.25, 0.3) is 0 Å². The summed E-state index contributed by atoms with van der Waals surface area (Å²) in [6.45, 7) is 3.61. The fourth-order valence-electron chi connectivity index (χ4n) is 3.68. The molecule has 0 amide bonds. The van der Waals surface area contributed by atoms with E-state index in [1.165, 1.54) is 51.5 Å². The lowest BCUT2D eigenvalue weighted by Gasteiger charge is -2.40. The van der Waals surface area contributed by atoms with Crippen LogP contribution in [0.1, 0.15) is 58.3 Å². The standard InChI is InChI=1S/C16H26N2/c1-2-12-5-6-14(10-17)16(9-12)18(15-7-8-15)11-13-3-4-13/h12-16H,2-9,11H2,1H3. The molecule has 0 saturated heterocycles. The maximum atomic E-state index is 9.44. The lowest BCUT2D eigenvalue weighted by atomic mass is 9.77. The monoisotopic (exact) mass is 246 g/mol.